The van der Waals surface area contributed by atoms with Crippen LogP contribution in [-0.4, -0.2) is 23.1 Å². The molecule has 152 valence electrons. The third kappa shape index (κ3) is 5.82. The SMILES string of the molecule is CCc1cccc(COC[C@H]2CC[C@@H](Cl)[C@@H]2CCCc2ccc(C(=O)O)s2)c1. The zero-order chi connectivity index (χ0) is 19.9. The Hall–Kier alpha value is -1.36. The fourth-order valence-electron chi connectivity index (χ4n) is 4.13. The molecule has 0 radical (unpaired) electrons. The molecule has 0 spiro atoms. The highest BCUT2D eigenvalue weighted by molar-refractivity contribution is 7.13. The molecule has 1 aromatic carbocycles. The van der Waals surface area contributed by atoms with Crippen molar-refractivity contribution in [2.45, 2.75) is 57.4 Å². The second-order valence-corrected chi connectivity index (χ2v) is 9.40. The van der Waals surface area contributed by atoms with Crippen LogP contribution in [0.25, 0.3) is 0 Å². The topological polar surface area (TPSA) is 46.5 Å². The Bertz CT molecular complexity index is 773. The smallest absolute Gasteiger partial charge is 0.345 e. The van der Waals surface area contributed by atoms with Crippen LogP contribution < -0.4 is 0 Å². The standard InChI is InChI=1S/C23H29ClO3S/c1-2-16-5-3-6-17(13-16)14-27-15-18-9-11-21(24)20(18)8-4-7-19-10-12-22(28-19)23(25)26/h3,5-6,10,12-13,18,20-21H,2,4,7-9,11,14-15H2,1H3,(H,25,26)/t18-,20-,21-/m1/s1. The van der Waals surface area contributed by atoms with Gasteiger partial charge in [0, 0.05) is 10.3 Å². The van der Waals surface area contributed by atoms with Gasteiger partial charge in [-0.2, -0.15) is 0 Å². The van der Waals surface area contributed by atoms with Gasteiger partial charge in [0.2, 0.25) is 0 Å². The summed E-state index contributed by atoms with van der Waals surface area (Å²) in [6.07, 6.45) is 6.29. The predicted octanol–water partition coefficient (Wildman–Crippen LogP) is 6.18. The number of ether oxygens (including phenoxy) is 1. The molecule has 5 heteroatoms. The van der Waals surface area contributed by atoms with Crippen molar-refractivity contribution in [2.75, 3.05) is 6.61 Å². The van der Waals surface area contributed by atoms with E-state index in [0.717, 1.165) is 50.0 Å². The highest BCUT2D eigenvalue weighted by atomic mass is 35.5. The molecule has 1 N–H and O–H groups in total. The van der Waals surface area contributed by atoms with Crippen LogP contribution in [0.5, 0.6) is 0 Å². The molecule has 0 aliphatic heterocycles. The molecule has 0 bridgehead atoms. The summed E-state index contributed by atoms with van der Waals surface area (Å²) >= 11 is 7.99. The van der Waals surface area contributed by atoms with Gasteiger partial charge < -0.3 is 9.84 Å². The number of aromatic carboxylic acids is 1. The lowest BCUT2D eigenvalue weighted by atomic mass is 9.91. The van der Waals surface area contributed by atoms with Gasteiger partial charge in [0.25, 0.3) is 0 Å². The van der Waals surface area contributed by atoms with Crippen molar-refractivity contribution >= 4 is 28.9 Å². The van der Waals surface area contributed by atoms with E-state index in [9.17, 15) is 4.79 Å². The van der Waals surface area contributed by atoms with E-state index in [1.54, 1.807) is 6.07 Å². The molecule has 3 rings (SSSR count). The van der Waals surface area contributed by atoms with Crippen molar-refractivity contribution in [3.05, 3.63) is 57.3 Å². The number of carbonyl (C=O) groups is 1. The maximum atomic E-state index is 11.0. The van der Waals surface area contributed by atoms with Crippen LogP contribution in [0.4, 0.5) is 0 Å². The zero-order valence-corrected chi connectivity index (χ0v) is 18.0. The van der Waals surface area contributed by atoms with Crippen molar-refractivity contribution in [3.8, 4) is 0 Å². The van der Waals surface area contributed by atoms with Crippen molar-refractivity contribution in [1.29, 1.82) is 0 Å². The lowest BCUT2D eigenvalue weighted by Gasteiger charge is -2.22. The normalized spacial score (nSPS) is 21.9. The van der Waals surface area contributed by atoms with E-state index < -0.39 is 5.97 Å². The molecule has 0 saturated heterocycles. The van der Waals surface area contributed by atoms with Crippen molar-refractivity contribution in [1.82, 2.24) is 0 Å². The Morgan fingerprint density at radius 2 is 2.07 bits per heavy atom. The van der Waals surface area contributed by atoms with Crippen molar-refractivity contribution < 1.29 is 14.6 Å². The highest BCUT2D eigenvalue weighted by Gasteiger charge is 2.34. The van der Waals surface area contributed by atoms with Crippen LogP contribution in [0.1, 0.15) is 58.3 Å². The van der Waals surface area contributed by atoms with Gasteiger partial charge in [0.1, 0.15) is 4.88 Å². The summed E-state index contributed by atoms with van der Waals surface area (Å²) in [5, 5.41) is 9.27. The number of hydrogen-bond donors (Lipinski definition) is 1. The number of thiophene rings is 1. The lowest BCUT2D eigenvalue weighted by Crippen LogP contribution is -2.20. The third-order valence-corrected chi connectivity index (χ3v) is 7.39. The van der Waals surface area contributed by atoms with Crippen molar-refractivity contribution in [3.63, 3.8) is 0 Å². The quantitative estimate of drug-likeness (QED) is 0.466. The highest BCUT2D eigenvalue weighted by Crippen LogP contribution is 2.39. The van der Waals surface area contributed by atoms with Gasteiger partial charge in [-0.05, 0) is 73.6 Å². The van der Waals surface area contributed by atoms with E-state index in [1.165, 1.54) is 22.5 Å². The van der Waals surface area contributed by atoms with Gasteiger partial charge in [-0.25, -0.2) is 4.79 Å². The number of carboxylic acids is 1. The minimum atomic E-state index is -0.838. The molecule has 28 heavy (non-hydrogen) atoms. The van der Waals surface area contributed by atoms with Crippen LogP contribution in [0.15, 0.2) is 36.4 Å². The summed E-state index contributed by atoms with van der Waals surface area (Å²) in [5.74, 6) is 0.173. The number of benzene rings is 1. The van der Waals surface area contributed by atoms with Crippen LogP contribution in [0.3, 0.4) is 0 Å². The molecule has 0 unspecified atom stereocenters. The van der Waals surface area contributed by atoms with E-state index >= 15 is 0 Å². The van der Waals surface area contributed by atoms with Gasteiger partial charge in [0.05, 0.1) is 13.2 Å². The lowest BCUT2D eigenvalue weighted by molar-refractivity contribution is 0.0702. The average molecular weight is 421 g/mol. The van der Waals surface area contributed by atoms with Gasteiger partial charge in [-0.15, -0.1) is 22.9 Å². The Labute approximate surface area is 176 Å². The molecular weight excluding hydrogens is 392 g/mol. The van der Waals surface area contributed by atoms with Gasteiger partial charge in [-0.1, -0.05) is 31.2 Å². The molecule has 1 heterocycles. The summed E-state index contributed by atoms with van der Waals surface area (Å²) in [5.41, 5.74) is 2.59. The Morgan fingerprint density at radius 3 is 2.82 bits per heavy atom. The zero-order valence-electron chi connectivity index (χ0n) is 16.4. The first-order chi connectivity index (χ1) is 13.6. The number of rotatable bonds is 10. The molecule has 2 aromatic rings. The summed E-state index contributed by atoms with van der Waals surface area (Å²) in [4.78, 5) is 12.6. The molecule has 1 aliphatic rings. The van der Waals surface area contributed by atoms with E-state index in [1.807, 2.05) is 6.07 Å². The minimum Gasteiger partial charge on any atom is -0.477 e. The molecular formula is C23H29ClO3S. The number of halogens is 1. The molecule has 3 atom stereocenters. The van der Waals surface area contributed by atoms with E-state index in [0.29, 0.717) is 23.3 Å². The second-order valence-electron chi connectivity index (χ2n) is 7.67. The second kappa shape index (κ2) is 10.4. The maximum Gasteiger partial charge on any atom is 0.345 e. The first-order valence-corrected chi connectivity index (χ1v) is 11.4. The summed E-state index contributed by atoms with van der Waals surface area (Å²) < 4.78 is 6.05. The minimum absolute atomic E-state index is 0.231. The van der Waals surface area contributed by atoms with Crippen molar-refractivity contribution in [2.24, 2.45) is 11.8 Å². The van der Waals surface area contributed by atoms with Crippen LogP contribution in [-0.2, 0) is 24.2 Å². The number of alkyl halides is 1. The van der Waals surface area contributed by atoms with Gasteiger partial charge >= 0.3 is 5.97 Å². The maximum absolute atomic E-state index is 11.0. The van der Waals surface area contributed by atoms with E-state index in [2.05, 4.69) is 31.2 Å². The first-order valence-electron chi connectivity index (χ1n) is 10.2. The summed E-state index contributed by atoms with van der Waals surface area (Å²) in [7, 11) is 0. The molecule has 0 amide bonds. The van der Waals surface area contributed by atoms with Gasteiger partial charge in [-0.3, -0.25) is 0 Å². The van der Waals surface area contributed by atoms with Crippen LogP contribution in [0.2, 0.25) is 0 Å². The third-order valence-electron chi connectivity index (χ3n) is 5.72. The molecule has 1 fully saturated rings. The first kappa shape index (κ1) is 21.4. The van der Waals surface area contributed by atoms with E-state index in [4.69, 9.17) is 21.4 Å². The molecule has 1 aliphatic carbocycles. The molecule has 3 nitrogen and oxygen atoms in total. The average Bonchev–Trinajstić information content (AvgIpc) is 3.30. The summed E-state index contributed by atoms with van der Waals surface area (Å²) in [6, 6.07) is 12.2. The Morgan fingerprint density at radius 1 is 1.25 bits per heavy atom. The predicted molar refractivity (Wildman–Crippen MR) is 116 cm³/mol. The largest absolute Gasteiger partial charge is 0.477 e. The summed E-state index contributed by atoms with van der Waals surface area (Å²) in [6.45, 7) is 3.60. The monoisotopic (exact) mass is 420 g/mol. The fourth-order valence-corrected chi connectivity index (χ4v) is 5.47. The number of carboxylic acid groups (broad SMARTS) is 1. The van der Waals surface area contributed by atoms with Crippen LogP contribution >= 0.6 is 22.9 Å². The number of aryl methyl sites for hydroxylation is 2. The number of hydrogen-bond acceptors (Lipinski definition) is 3. The molecule has 1 aromatic heterocycles. The fraction of sp³-hybridized carbons (Fsp3) is 0.522. The Kier molecular flexibility index (Phi) is 7.95. The Balaban J connectivity index is 1.44. The van der Waals surface area contributed by atoms with E-state index in [-0.39, 0.29) is 5.38 Å². The molecule has 1 saturated carbocycles. The van der Waals surface area contributed by atoms with Crippen LogP contribution in [0, 0.1) is 11.8 Å². The van der Waals surface area contributed by atoms with Gasteiger partial charge in [0.15, 0.2) is 0 Å².